The summed E-state index contributed by atoms with van der Waals surface area (Å²) in [4.78, 5) is 24.5. The highest BCUT2D eigenvalue weighted by molar-refractivity contribution is 5.76. The molecule has 1 saturated heterocycles. The number of nitrogens with one attached hydrogen (secondary N) is 1. The second-order valence-electron chi connectivity index (χ2n) is 4.65. The molecule has 0 spiro atoms. The topological polar surface area (TPSA) is 78.9 Å². The summed E-state index contributed by atoms with van der Waals surface area (Å²) in [6.45, 7) is 5.52. The fourth-order valence-electron chi connectivity index (χ4n) is 2.07. The number of nitrogens with zero attached hydrogens (tertiary/aromatic N) is 1. The second-order valence-corrected chi connectivity index (χ2v) is 4.65. The molecule has 1 rings (SSSR count). The fraction of sp³-hybridized carbons (Fsp3) is 0.833. The lowest BCUT2D eigenvalue weighted by Crippen LogP contribution is -2.53. The van der Waals surface area contributed by atoms with Crippen molar-refractivity contribution in [3.63, 3.8) is 0 Å². The van der Waals surface area contributed by atoms with Gasteiger partial charge >= 0.3 is 12.0 Å². The van der Waals surface area contributed by atoms with Crippen molar-refractivity contribution >= 4 is 12.0 Å². The molecule has 0 bridgehead atoms. The molecule has 1 heterocycles. The molecular formula is C12H22N2O4. The van der Waals surface area contributed by atoms with Crippen LogP contribution in [0.3, 0.4) is 0 Å². The number of carboxylic acids is 1. The summed E-state index contributed by atoms with van der Waals surface area (Å²) in [7, 11) is 0. The minimum absolute atomic E-state index is 0.0295. The van der Waals surface area contributed by atoms with Crippen LogP contribution in [0.4, 0.5) is 4.79 Å². The third kappa shape index (κ3) is 4.52. The average molecular weight is 258 g/mol. The summed E-state index contributed by atoms with van der Waals surface area (Å²) < 4.78 is 5.26. The predicted molar refractivity (Wildman–Crippen MR) is 66.5 cm³/mol. The second kappa shape index (κ2) is 7.20. The van der Waals surface area contributed by atoms with Crippen LogP contribution in [0.5, 0.6) is 0 Å². The molecule has 1 aliphatic rings. The van der Waals surface area contributed by atoms with E-state index >= 15 is 0 Å². The number of carboxylic acid groups (broad SMARTS) is 1. The van der Waals surface area contributed by atoms with Gasteiger partial charge in [0.1, 0.15) is 0 Å². The summed E-state index contributed by atoms with van der Waals surface area (Å²) in [5.74, 6) is -0.885. The number of aliphatic carboxylic acids is 1. The molecule has 0 radical (unpaired) electrons. The fourth-order valence-corrected chi connectivity index (χ4v) is 2.07. The zero-order chi connectivity index (χ0) is 13.5. The van der Waals surface area contributed by atoms with Crippen LogP contribution in [-0.4, -0.2) is 53.8 Å². The van der Waals surface area contributed by atoms with Crippen LogP contribution in [-0.2, 0) is 9.53 Å². The number of amides is 2. The summed E-state index contributed by atoms with van der Waals surface area (Å²) >= 11 is 0. The van der Waals surface area contributed by atoms with Gasteiger partial charge in [0.15, 0.2) is 0 Å². The largest absolute Gasteiger partial charge is 0.481 e. The van der Waals surface area contributed by atoms with Crippen molar-refractivity contribution in [1.29, 1.82) is 0 Å². The Labute approximate surface area is 107 Å². The van der Waals surface area contributed by atoms with E-state index in [0.29, 0.717) is 26.2 Å². The van der Waals surface area contributed by atoms with E-state index in [1.807, 2.05) is 13.8 Å². The van der Waals surface area contributed by atoms with E-state index in [0.717, 1.165) is 6.42 Å². The molecule has 0 aromatic carbocycles. The van der Waals surface area contributed by atoms with Crippen molar-refractivity contribution < 1.29 is 19.4 Å². The van der Waals surface area contributed by atoms with Gasteiger partial charge in [-0.1, -0.05) is 13.3 Å². The van der Waals surface area contributed by atoms with E-state index in [2.05, 4.69) is 5.32 Å². The third-order valence-corrected chi connectivity index (χ3v) is 3.01. The molecule has 2 atom stereocenters. The summed E-state index contributed by atoms with van der Waals surface area (Å²) in [6, 6.07) is -0.452. The van der Waals surface area contributed by atoms with Gasteiger partial charge in [-0.2, -0.15) is 0 Å². The highest BCUT2D eigenvalue weighted by atomic mass is 16.5. The van der Waals surface area contributed by atoms with E-state index in [1.165, 1.54) is 0 Å². The molecule has 18 heavy (non-hydrogen) atoms. The molecule has 6 nitrogen and oxygen atoms in total. The predicted octanol–water partition coefficient (Wildman–Crippen LogP) is 1.06. The maximum atomic E-state index is 12.0. The number of urea groups is 1. The van der Waals surface area contributed by atoms with E-state index in [4.69, 9.17) is 9.84 Å². The van der Waals surface area contributed by atoms with Crippen molar-refractivity contribution in [3.8, 4) is 0 Å². The van der Waals surface area contributed by atoms with E-state index in [-0.39, 0.29) is 24.5 Å². The maximum Gasteiger partial charge on any atom is 0.318 e. The molecule has 1 aliphatic heterocycles. The van der Waals surface area contributed by atoms with Gasteiger partial charge in [0.2, 0.25) is 0 Å². The number of ether oxygens (including phenoxy) is 1. The van der Waals surface area contributed by atoms with Crippen LogP contribution in [0.15, 0.2) is 0 Å². The van der Waals surface area contributed by atoms with E-state index in [9.17, 15) is 9.59 Å². The highest BCUT2D eigenvalue weighted by Gasteiger charge is 2.25. The Morgan fingerprint density at radius 3 is 2.83 bits per heavy atom. The van der Waals surface area contributed by atoms with Crippen LogP contribution in [0.2, 0.25) is 0 Å². The van der Waals surface area contributed by atoms with Gasteiger partial charge in [-0.15, -0.1) is 0 Å². The van der Waals surface area contributed by atoms with Gasteiger partial charge in [0.25, 0.3) is 0 Å². The van der Waals surface area contributed by atoms with Crippen molar-refractivity contribution in [2.75, 3.05) is 19.8 Å². The van der Waals surface area contributed by atoms with Gasteiger partial charge in [-0.25, -0.2) is 4.79 Å². The zero-order valence-corrected chi connectivity index (χ0v) is 11.0. The van der Waals surface area contributed by atoms with Crippen molar-refractivity contribution in [1.82, 2.24) is 10.2 Å². The average Bonchev–Trinajstić information content (AvgIpc) is 2.28. The number of hydrogen-bond acceptors (Lipinski definition) is 3. The molecule has 0 aromatic rings. The number of carbonyl (C=O) groups is 2. The number of rotatable bonds is 5. The molecule has 2 N–H and O–H groups in total. The smallest absolute Gasteiger partial charge is 0.318 e. The lowest BCUT2D eigenvalue weighted by molar-refractivity contribution is -0.137. The summed E-state index contributed by atoms with van der Waals surface area (Å²) in [6.07, 6.45) is 1.49. The first-order chi connectivity index (χ1) is 8.54. The minimum Gasteiger partial charge on any atom is -0.481 e. The number of morpholine rings is 1. The van der Waals surface area contributed by atoms with Crippen LogP contribution in [0, 0.1) is 0 Å². The van der Waals surface area contributed by atoms with Crippen molar-refractivity contribution in [2.24, 2.45) is 0 Å². The first-order valence-corrected chi connectivity index (χ1v) is 6.41. The number of hydrogen-bond donors (Lipinski definition) is 2. The monoisotopic (exact) mass is 258 g/mol. The van der Waals surface area contributed by atoms with Crippen LogP contribution in [0.25, 0.3) is 0 Å². The molecule has 0 aliphatic carbocycles. The first-order valence-electron chi connectivity index (χ1n) is 6.41. The Bertz CT molecular complexity index is 296. The number of carbonyl (C=O) groups excluding carboxylic acids is 1. The summed E-state index contributed by atoms with van der Waals surface area (Å²) in [5.41, 5.74) is 0. The van der Waals surface area contributed by atoms with Gasteiger partial charge in [0.05, 0.1) is 25.7 Å². The lowest BCUT2D eigenvalue weighted by atomic mass is 10.1. The third-order valence-electron chi connectivity index (χ3n) is 3.01. The quantitative estimate of drug-likeness (QED) is 0.773. The van der Waals surface area contributed by atoms with Crippen molar-refractivity contribution in [3.05, 3.63) is 0 Å². The van der Waals surface area contributed by atoms with Gasteiger partial charge in [-0.05, 0) is 13.3 Å². The van der Waals surface area contributed by atoms with Gasteiger partial charge in [0, 0.05) is 12.6 Å². The highest BCUT2D eigenvalue weighted by Crippen LogP contribution is 2.08. The first kappa shape index (κ1) is 14.8. The molecule has 104 valence electrons. The molecule has 2 amide bonds. The van der Waals surface area contributed by atoms with Crippen LogP contribution in [0.1, 0.15) is 33.1 Å². The lowest BCUT2D eigenvalue weighted by Gasteiger charge is -2.34. The SMILES string of the molecule is CCCC(CC(=O)O)NC(=O)N1CCOCC1C. The molecule has 6 heteroatoms. The normalized spacial score (nSPS) is 21.4. The molecule has 2 unspecified atom stereocenters. The zero-order valence-electron chi connectivity index (χ0n) is 11.0. The van der Waals surface area contributed by atoms with E-state index in [1.54, 1.807) is 4.90 Å². The Hall–Kier alpha value is -1.30. The summed E-state index contributed by atoms with van der Waals surface area (Å²) in [5, 5.41) is 11.6. The Morgan fingerprint density at radius 1 is 1.56 bits per heavy atom. The maximum absolute atomic E-state index is 12.0. The molecule has 0 saturated carbocycles. The molecule has 1 fully saturated rings. The molecular weight excluding hydrogens is 236 g/mol. The van der Waals surface area contributed by atoms with Crippen LogP contribution >= 0.6 is 0 Å². The van der Waals surface area contributed by atoms with E-state index < -0.39 is 5.97 Å². The van der Waals surface area contributed by atoms with Gasteiger partial charge < -0.3 is 20.1 Å². The Morgan fingerprint density at radius 2 is 2.28 bits per heavy atom. The minimum atomic E-state index is -0.885. The van der Waals surface area contributed by atoms with Crippen molar-refractivity contribution in [2.45, 2.75) is 45.2 Å². The Balaban J connectivity index is 2.51. The van der Waals surface area contributed by atoms with Gasteiger partial charge in [-0.3, -0.25) is 4.79 Å². The Kier molecular flexibility index (Phi) is 5.91. The van der Waals surface area contributed by atoms with Crippen LogP contribution < -0.4 is 5.32 Å². The molecule has 0 aromatic heterocycles. The standard InChI is InChI=1S/C12H22N2O4/c1-3-4-10(7-11(15)16)13-12(17)14-5-6-18-8-9(14)2/h9-10H,3-8H2,1-2H3,(H,13,17)(H,15,16).